The Bertz CT molecular complexity index is 1330. The van der Waals surface area contributed by atoms with Gasteiger partial charge >= 0.3 is 12.1 Å². The van der Waals surface area contributed by atoms with Crippen LogP contribution in [0.2, 0.25) is 19.6 Å². The molecule has 0 spiro atoms. The Morgan fingerprint density at radius 3 is 2.17 bits per heavy atom. The lowest BCUT2D eigenvalue weighted by Gasteiger charge is -2.16. The Morgan fingerprint density at radius 2 is 1.58 bits per heavy atom. The highest BCUT2D eigenvalue weighted by Gasteiger charge is 2.29. The van der Waals surface area contributed by atoms with Gasteiger partial charge in [0.2, 0.25) is 0 Å². The zero-order chi connectivity index (χ0) is 25.9. The first-order chi connectivity index (χ1) is 17.2. The average Bonchev–Trinajstić information content (AvgIpc) is 3.17. The molecule has 0 radical (unpaired) electrons. The number of amides is 1. The molecular formula is C30H31NO4Si. The van der Waals surface area contributed by atoms with Crippen molar-refractivity contribution in [2.75, 3.05) is 19.0 Å². The second-order valence-corrected chi connectivity index (χ2v) is 14.8. The molecule has 0 bridgehead atoms. The Balaban J connectivity index is 1.54. The van der Waals surface area contributed by atoms with Crippen molar-refractivity contribution in [3.05, 3.63) is 88.5 Å². The van der Waals surface area contributed by atoms with Crippen molar-refractivity contribution in [1.82, 2.24) is 0 Å². The summed E-state index contributed by atoms with van der Waals surface area (Å²) < 4.78 is 10.6. The minimum Gasteiger partial charge on any atom is -0.469 e. The maximum absolute atomic E-state index is 12.8. The first-order valence-electron chi connectivity index (χ1n) is 12.0. The van der Waals surface area contributed by atoms with Crippen molar-refractivity contribution in [3.63, 3.8) is 0 Å². The predicted molar refractivity (Wildman–Crippen MR) is 146 cm³/mol. The smallest absolute Gasteiger partial charge is 0.411 e. The van der Waals surface area contributed by atoms with Crippen molar-refractivity contribution in [3.8, 4) is 22.6 Å². The van der Waals surface area contributed by atoms with E-state index in [4.69, 9.17) is 9.47 Å². The zero-order valence-corrected chi connectivity index (χ0v) is 22.4. The topological polar surface area (TPSA) is 64.6 Å². The highest BCUT2D eigenvalue weighted by Crippen LogP contribution is 2.44. The molecule has 6 heteroatoms. The lowest BCUT2D eigenvalue weighted by Crippen LogP contribution is -2.18. The number of hydrogen-bond acceptors (Lipinski definition) is 4. The lowest BCUT2D eigenvalue weighted by molar-refractivity contribution is -0.139. The third-order valence-corrected chi connectivity index (χ3v) is 7.11. The number of benzene rings is 3. The fraction of sp³-hybridized carbons (Fsp3) is 0.267. The number of carbonyl (C=O) groups excluding carboxylic acids is 2. The molecule has 4 rings (SSSR count). The second-order valence-electron chi connectivity index (χ2n) is 10.0. The number of ether oxygens (including phenoxy) is 2. The van der Waals surface area contributed by atoms with Crippen molar-refractivity contribution in [2.24, 2.45) is 0 Å². The Morgan fingerprint density at radius 1 is 0.972 bits per heavy atom. The number of anilines is 1. The van der Waals surface area contributed by atoms with Gasteiger partial charge in [-0.1, -0.05) is 74.1 Å². The molecular weight excluding hydrogens is 466 g/mol. The van der Waals surface area contributed by atoms with E-state index in [1.807, 2.05) is 37.3 Å². The maximum atomic E-state index is 12.8. The Labute approximate surface area is 213 Å². The molecule has 0 aromatic heterocycles. The predicted octanol–water partition coefficient (Wildman–Crippen LogP) is 6.30. The average molecular weight is 498 g/mol. The van der Waals surface area contributed by atoms with Crippen molar-refractivity contribution >= 4 is 25.8 Å². The van der Waals surface area contributed by atoms with Crippen LogP contribution in [0.3, 0.4) is 0 Å². The monoisotopic (exact) mass is 497 g/mol. The molecule has 1 aliphatic carbocycles. The van der Waals surface area contributed by atoms with Crippen LogP contribution >= 0.6 is 0 Å². The molecule has 1 aliphatic rings. The van der Waals surface area contributed by atoms with Crippen LogP contribution in [0.1, 0.15) is 33.7 Å². The molecule has 3 aromatic rings. The van der Waals surface area contributed by atoms with Crippen LogP contribution < -0.4 is 5.32 Å². The molecule has 184 valence electrons. The maximum Gasteiger partial charge on any atom is 0.411 e. The molecule has 0 unspecified atom stereocenters. The van der Waals surface area contributed by atoms with Crippen LogP contribution in [-0.4, -0.2) is 33.9 Å². The highest BCUT2D eigenvalue weighted by atomic mass is 28.3. The SMILES string of the molecule is COC(=O)Cc1cc(NC(=O)OCC2c3ccccc3-c3ccccc32)cc(C#C[Si](C)(C)C)c1C. The van der Waals surface area contributed by atoms with Gasteiger partial charge in [0.15, 0.2) is 0 Å². The van der Waals surface area contributed by atoms with Gasteiger partial charge in [-0.25, -0.2) is 4.79 Å². The summed E-state index contributed by atoms with van der Waals surface area (Å²) in [4.78, 5) is 24.8. The van der Waals surface area contributed by atoms with Gasteiger partial charge in [-0.05, 0) is 52.4 Å². The van der Waals surface area contributed by atoms with Gasteiger partial charge in [-0.15, -0.1) is 5.54 Å². The molecule has 0 saturated heterocycles. The van der Waals surface area contributed by atoms with Gasteiger partial charge in [0.1, 0.15) is 14.7 Å². The number of hydrogen-bond donors (Lipinski definition) is 1. The van der Waals surface area contributed by atoms with Crippen LogP contribution in [0.25, 0.3) is 11.1 Å². The van der Waals surface area contributed by atoms with Crippen molar-refractivity contribution < 1.29 is 19.1 Å². The van der Waals surface area contributed by atoms with E-state index in [1.54, 1.807) is 6.07 Å². The van der Waals surface area contributed by atoms with E-state index in [0.717, 1.165) is 27.8 Å². The summed E-state index contributed by atoms with van der Waals surface area (Å²) in [5.41, 5.74) is 11.0. The minimum absolute atomic E-state index is 0.0192. The van der Waals surface area contributed by atoms with Gasteiger partial charge in [0.05, 0.1) is 13.5 Å². The van der Waals surface area contributed by atoms with E-state index in [1.165, 1.54) is 18.2 Å². The summed E-state index contributed by atoms with van der Waals surface area (Å²) in [6.07, 6.45) is -0.446. The summed E-state index contributed by atoms with van der Waals surface area (Å²) >= 11 is 0. The van der Waals surface area contributed by atoms with Crippen molar-refractivity contribution in [2.45, 2.75) is 38.9 Å². The third-order valence-electron chi connectivity index (χ3n) is 6.24. The number of fused-ring (bicyclic) bond motifs is 3. The highest BCUT2D eigenvalue weighted by molar-refractivity contribution is 6.83. The third kappa shape index (κ3) is 5.69. The molecule has 1 amide bonds. The van der Waals surface area contributed by atoms with Gasteiger partial charge in [0.25, 0.3) is 0 Å². The second kappa shape index (κ2) is 10.4. The minimum atomic E-state index is -1.62. The molecule has 0 saturated carbocycles. The summed E-state index contributed by atoms with van der Waals surface area (Å²) in [7, 11) is -0.256. The molecule has 0 heterocycles. The fourth-order valence-electron chi connectivity index (χ4n) is 4.39. The lowest BCUT2D eigenvalue weighted by atomic mass is 9.98. The number of rotatable bonds is 5. The van der Waals surface area contributed by atoms with Crippen LogP contribution in [0.15, 0.2) is 60.7 Å². The first-order valence-corrected chi connectivity index (χ1v) is 15.5. The van der Waals surface area contributed by atoms with Crippen LogP contribution in [-0.2, 0) is 20.7 Å². The molecule has 3 aromatic carbocycles. The van der Waals surface area contributed by atoms with E-state index >= 15 is 0 Å². The summed E-state index contributed by atoms with van der Waals surface area (Å²) in [5.74, 6) is 2.90. The van der Waals surface area contributed by atoms with Crippen molar-refractivity contribution in [1.29, 1.82) is 0 Å². The number of carbonyl (C=O) groups is 2. The largest absolute Gasteiger partial charge is 0.469 e. The fourth-order valence-corrected chi connectivity index (χ4v) is 4.90. The molecule has 36 heavy (non-hydrogen) atoms. The Hall–Kier alpha value is -3.82. The molecule has 0 aliphatic heterocycles. The van der Waals surface area contributed by atoms with Gasteiger partial charge < -0.3 is 9.47 Å². The summed E-state index contributed by atoms with van der Waals surface area (Å²) in [6.45, 7) is 8.67. The standard InChI is InChI=1S/C30H31NO4Si/c1-20-21(14-15-36(3,4)5)16-23(17-22(20)18-29(32)34-2)31-30(33)35-19-28-26-12-8-6-10-24(26)25-11-7-9-13-27(25)28/h6-13,16-17,28H,18-19H2,1-5H3,(H,31,33). The van der Waals surface area contributed by atoms with E-state index < -0.39 is 14.2 Å². The van der Waals surface area contributed by atoms with E-state index in [-0.39, 0.29) is 24.9 Å². The van der Waals surface area contributed by atoms with Crippen LogP contribution in [0.4, 0.5) is 10.5 Å². The van der Waals surface area contributed by atoms with Gasteiger partial charge in [-0.3, -0.25) is 10.1 Å². The molecule has 1 N–H and O–H groups in total. The summed E-state index contributed by atoms with van der Waals surface area (Å²) in [6, 6.07) is 20.1. The molecule has 5 nitrogen and oxygen atoms in total. The number of nitrogens with one attached hydrogen (secondary N) is 1. The molecule has 0 fully saturated rings. The van der Waals surface area contributed by atoms with E-state index in [2.05, 4.69) is 60.7 Å². The zero-order valence-electron chi connectivity index (χ0n) is 21.4. The van der Waals surface area contributed by atoms with Gasteiger partial charge in [0, 0.05) is 17.2 Å². The van der Waals surface area contributed by atoms with E-state index in [9.17, 15) is 9.59 Å². The van der Waals surface area contributed by atoms with E-state index in [0.29, 0.717) is 5.69 Å². The van der Waals surface area contributed by atoms with Gasteiger partial charge in [-0.2, -0.15) is 0 Å². The number of esters is 1. The number of methoxy groups -OCH3 is 1. The summed E-state index contributed by atoms with van der Waals surface area (Å²) in [5, 5.41) is 2.84. The molecule has 0 atom stereocenters. The van der Waals surface area contributed by atoms with Crippen LogP contribution in [0, 0.1) is 18.4 Å². The normalized spacial score (nSPS) is 12.1. The quantitative estimate of drug-likeness (QED) is 0.255. The Kier molecular flexibility index (Phi) is 7.32. The first kappa shape index (κ1) is 25.3. The van der Waals surface area contributed by atoms with Crippen LogP contribution in [0.5, 0.6) is 0 Å².